The van der Waals surface area contributed by atoms with E-state index in [0.717, 1.165) is 5.56 Å². The maximum Gasteiger partial charge on any atom is 0.229 e. The quantitative estimate of drug-likeness (QED) is 0.797. The number of nitrogens with zero attached hydrogens (tertiary/aromatic N) is 1. The van der Waals surface area contributed by atoms with Gasteiger partial charge in [-0.2, -0.15) is 0 Å². The van der Waals surface area contributed by atoms with E-state index in [1.54, 1.807) is 4.90 Å². The molecule has 0 saturated carbocycles. The molecule has 0 aliphatic carbocycles. The van der Waals surface area contributed by atoms with Crippen molar-refractivity contribution >= 4 is 40.7 Å². The number of anilines is 1. The molecule has 3 rings (SSSR count). The van der Waals surface area contributed by atoms with Gasteiger partial charge in [-0.3, -0.25) is 9.59 Å². The molecule has 0 bridgehead atoms. The van der Waals surface area contributed by atoms with E-state index in [1.165, 1.54) is 12.1 Å². The largest absolute Gasteiger partial charge is 0.505 e. The Morgan fingerprint density at radius 1 is 1.20 bits per heavy atom. The number of nitrogens with one attached hydrogen (secondary N) is 1. The Morgan fingerprint density at radius 2 is 1.84 bits per heavy atom. The molecule has 0 spiro atoms. The van der Waals surface area contributed by atoms with Gasteiger partial charge in [-0.05, 0) is 17.7 Å². The van der Waals surface area contributed by atoms with Crippen LogP contribution in [0.15, 0.2) is 42.5 Å². The van der Waals surface area contributed by atoms with E-state index in [-0.39, 0.29) is 34.0 Å². The van der Waals surface area contributed by atoms with Crippen LogP contribution in [0.25, 0.3) is 0 Å². The Labute approximate surface area is 155 Å². The smallest absolute Gasteiger partial charge is 0.229 e. The summed E-state index contributed by atoms with van der Waals surface area (Å²) in [6.07, 6.45) is 0.165. The second-order valence-corrected chi connectivity index (χ2v) is 6.75. The molecular weight excluding hydrogens is 363 g/mol. The molecule has 2 aromatic rings. The number of carbonyl (C=O) groups is 2. The molecule has 1 aliphatic heterocycles. The van der Waals surface area contributed by atoms with E-state index in [9.17, 15) is 14.7 Å². The van der Waals surface area contributed by atoms with Crippen molar-refractivity contribution in [1.82, 2.24) is 4.90 Å². The molecule has 25 heavy (non-hydrogen) atoms. The van der Waals surface area contributed by atoms with Gasteiger partial charge < -0.3 is 15.3 Å². The first-order valence-electron chi connectivity index (χ1n) is 7.74. The van der Waals surface area contributed by atoms with Crippen molar-refractivity contribution < 1.29 is 14.7 Å². The van der Waals surface area contributed by atoms with Gasteiger partial charge in [0.15, 0.2) is 5.75 Å². The molecule has 0 radical (unpaired) electrons. The number of phenols is 1. The number of rotatable bonds is 4. The van der Waals surface area contributed by atoms with Crippen LogP contribution in [0.2, 0.25) is 10.0 Å². The van der Waals surface area contributed by atoms with Crippen LogP contribution in [0, 0.1) is 5.92 Å². The zero-order valence-electron chi connectivity index (χ0n) is 13.2. The number of hydrogen-bond donors (Lipinski definition) is 2. The van der Waals surface area contributed by atoms with Gasteiger partial charge in [0.05, 0.1) is 16.0 Å². The molecule has 1 unspecified atom stereocenters. The van der Waals surface area contributed by atoms with Gasteiger partial charge in [0.25, 0.3) is 0 Å². The Kier molecular flexibility index (Phi) is 5.16. The zero-order chi connectivity index (χ0) is 18.0. The van der Waals surface area contributed by atoms with Crippen molar-refractivity contribution in [2.75, 3.05) is 11.9 Å². The predicted molar refractivity (Wildman–Crippen MR) is 96.7 cm³/mol. The summed E-state index contributed by atoms with van der Waals surface area (Å²) in [5.41, 5.74) is 1.40. The molecule has 1 aliphatic rings. The van der Waals surface area contributed by atoms with Crippen LogP contribution >= 0.6 is 23.2 Å². The lowest BCUT2D eigenvalue weighted by atomic mass is 10.1. The topological polar surface area (TPSA) is 69.6 Å². The third-order valence-electron chi connectivity index (χ3n) is 4.09. The molecule has 130 valence electrons. The van der Waals surface area contributed by atoms with E-state index >= 15 is 0 Å². The first kappa shape index (κ1) is 17.6. The lowest BCUT2D eigenvalue weighted by molar-refractivity contribution is -0.128. The number of benzene rings is 2. The maximum atomic E-state index is 12.4. The Bertz CT molecular complexity index is 788. The third-order valence-corrected chi connectivity index (χ3v) is 4.66. The Balaban J connectivity index is 1.65. The van der Waals surface area contributed by atoms with E-state index < -0.39 is 5.92 Å². The van der Waals surface area contributed by atoms with E-state index in [2.05, 4.69) is 5.32 Å². The van der Waals surface area contributed by atoms with E-state index in [4.69, 9.17) is 23.2 Å². The normalized spacial score (nSPS) is 17.0. The molecule has 1 fully saturated rings. The van der Waals surface area contributed by atoms with Gasteiger partial charge in [-0.15, -0.1) is 0 Å². The first-order valence-corrected chi connectivity index (χ1v) is 8.50. The summed E-state index contributed by atoms with van der Waals surface area (Å²) in [6.45, 7) is 0.847. The van der Waals surface area contributed by atoms with Crippen LogP contribution in [0.1, 0.15) is 12.0 Å². The molecule has 0 aromatic heterocycles. The zero-order valence-corrected chi connectivity index (χ0v) is 14.7. The molecule has 2 aromatic carbocycles. The van der Waals surface area contributed by atoms with Crippen molar-refractivity contribution in [3.63, 3.8) is 0 Å². The number of likely N-dealkylation sites (tertiary alicyclic amines) is 1. The number of aromatic hydroxyl groups is 1. The molecule has 2 amide bonds. The fourth-order valence-corrected chi connectivity index (χ4v) is 3.27. The van der Waals surface area contributed by atoms with Crippen molar-refractivity contribution in [3.8, 4) is 5.75 Å². The predicted octanol–water partition coefficient (Wildman–Crippen LogP) is 3.69. The van der Waals surface area contributed by atoms with E-state index in [1.807, 2.05) is 30.3 Å². The number of halogens is 2. The van der Waals surface area contributed by atoms with Crippen LogP contribution in [0.5, 0.6) is 5.75 Å². The molecule has 7 heteroatoms. The number of hydrogen-bond acceptors (Lipinski definition) is 3. The van der Waals surface area contributed by atoms with Crippen LogP contribution in [-0.2, 0) is 16.1 Å². The Morgan fingerprint density at radius 3 is 2.48 bits per heavy atom. The van der Waals surface area contributed by atoms with Gasteiger partial charge in [-0.25, -0.2) is 0 Å². The minimum atomic E-state index is -0.442. The minimum Gasteiger partial charge on any atom is -0.505 e. The highest BCUT2D eigenvalue weighted by atomic mass is 35.5. The highest BCUT2D eigenvalue weighted by Gasteiger charge is 2.34. The van der Waals surface area contributed by atoms with E-state index in [0.29, 0.717) is 18.8 Å². The summed E-state index contributed by atoms with van der Waals surface area (Å²) in [6, 6.07) is 12.5. The van der Waals surface area contributed by atoms with Crippen LogP contribution in [0.3, 0.4) is 0 Å². The fourth-order valence-electron chi connectivity index (χ4n) is 2.79. The molecule has 1 atom stereocenters. The van der Waals surface area contributed by atoms with Gasteiger partial charge in [0.2, 0.25) is 11.8 Å². The van der Waals surface area contributed by atoms with Crippen LogP contribution in [0.4, 0.5) is 5.69 Å². The molecule has 1 saturated heterocycles. The summed E-state index contributed by atoms with van der Waals surface area (Å²) >= 11 is 11.7. The molecule has 1 heterocycles. The SMILES string of the molecule is O=C(Nc1cc(Cl)c(O)c(Cl)c1)C1CC(=O)N(Cc2ccccc2)C1. The van der Waals surface area contributed by atoms with Crippen molar-refractivity contribution in [3.05, 3.63) is 58.1 Å². The minimum absolute atomic E-state index is 0.0502. The summed E-state index contributed by atoms with van der Waals surface area (Å²) in [5, 5.41) is 12.4. The first-order chi connectivity index (χ1) is 11.9. The highest BCUT2D eigenvalue weighted by Crippen LogP contribution is 2.35. The number of phenolic OH excluding ortho intramolecular Hbond substituents is 1. The van der Waals surface area contributed by atoms with Gasteiger partial charge in [0, 0.05) is 25.2 Å². The maximum absolute atomic E-state index is 12.4. The lowest BCUT2D eigenvalue weighted by Gasteiger charge is -2.17. The molecular formula is C18H16Cl2N2O3. The summed E-state index contributed by atoms with van der Waals surface area (Å²) in [4.78, 5) is 26.3. The monoisotopic (exact) mass is 378 g/mol. The standard InChI is InChI=1S/C18H16Cl2N2O3/c19-14-7-13(8-15(20)17(14)24)21-18(25)12-6-16(23)22(10-12)9-11-4-2-1-3-5-11/h1-5,7-8,12,24H,6,9-10H2,(H,21,25). The average Bonchev–Trinajstić information content (AvgIpc) is 2.94. The number of amides is 2. The molecule has 5 nitrogen and oxygen atoms in total. The Hall–Kier alpha value is -2.24. The fraction of sp³-hybridized carbons (Fsp3) is 0.222. The van der Waals surface area contributed by atoms with Crippen molar-refractivity contribution in [2.45, 2.75) is 13.0 Å². The second-order valence-electron chi connectivity index (χ2n) is 5.94. The summed E-state index contributed by atoms with van der Waals surface area (Å²) in [7, 11) is 0. The van der Waals surface area contributed by atoms with Gasteiger partial charge in [-0.1, -0.05) is 53.5 Å². The van der Waals surface area contributed by atoms with Crippen LogP contribution in [-0.4, -0.2) is 28.4 Å². The summed E-state index contributed by atoms with van der Waals surface area (Å²) in [5.74, 6) is -0.999. The molecule has 2 N–H and O–H groups in total. The van der Waals surface area contributed by atoms with Crippen LogP contribution < -0.4 is 5.32 Å². The summed E-state index contributed by atoms with van der Waals surface area (Å²) < 4.78 is 0. The lowest BCUT2D eigenvalue weighted by Crippen LogP contribution is -2.28. The average molecular weight is 379 g/mol. The van der Waals surface area contributed by atoms with Crippen molar-refractivity contribution in [2.24, 2.45) is 5.92 Å². The van der Waals surface area contributed by atoms with Crippen molar-refractivity contribution in [1.29, 1.82) is 0 Å². The van der Waals surface area contributed by atoms with Gasteiger partial charge in [0.1, 0.15) is 0 Å². The van der Waals surface area contributed by atoms with Gasteiger partial charge >= 0.3 is 0 Å². The number of carbonyl (C=O) groups excluding carboxylic acids is 2. The highest BCUT2D eigenvalue weighted by molar-refractivity contribution is 6.37. The third kappa shape index (κ3) is 4.06. The second kappa shape index (κ2) is 7.33.